The van der Waals surface area contributed by atoms with Gasteiger partial charge in [-0.1, -0.05) is 12.1 Å². The van der Waals surface area contributed by atoms with E-state index >= 15 is 0 Å². The van der Waals surface area contributed by atoms with E-state index in [2.05, 4.69) is 4.84 Å². The molecule has 0 spiro atoms. The molecule has 0 saturated carbocycles. The summed E-state index contributed by atoms with van der Waals surface area (Å²) in [4.78, 5) is 12.7. The highest BCUT2D eigenvalue weighted by Crippen LogP contribution is 2.14. The Kier molecular flexibility index (Phi) is 3.22. The molecule has 0 amide bonds. The summed E-state index contributed by atoms with van der Waals surface area (Å²) in [6, 6.07) is 4.08. The van der Waals surface area contributed by atoms with Gasteiger partial charge in [0.15, 0.2) is 0 Å². The average Bonchev–Trinajstić information content (AvgIpc) is 2.09. The SMILES string of the molecule is O=C(O)[C@H](NCl)c1ccc(F)cc1. The Morgan fingerprint density at radius 1 is 1.46 bits per heavy atom. The Balaban J connectivity index is 2.92. The summed E-state index contributed by atoms with van der Waals surface area (Å²) in [6.45, 7) is 0. The maximum absolute atomic E-state index is 12.5. The van der Waals surface area contributed by atoms with Crippen LogP contribution >= 0.6 is 11.8 Å². The average molecular weight is 204 g/mol. The van der Waals surface area contributed by atoms with Crippen molar-refractivity contribution in [1.29, 1.82) is 0 Å². The molecular weight excluding hydrogens is 197 g/mol. The van der Waals surface area contributed by atoms with Crippen molar-refractivity contribution in [2.75, 3.05) is 0 Å². The molecule has 0 aliphatic rings. The molecule has 0 heterocycles. The summed E-state index contributed by atoms with van der Waals surface area (Å²) in [5.41, 5.74) is 0.406. The quantitative estimate of drug-likeness (QED) is 0.736. The summed E-state index contributed by atoms with van der Waals surface area (Å²) >= 11 is 5.21. The molecule has 0 bridgehead atoms. The van der Waals surface area contributed by atoms with E-state index in [-0.39, 0.29) is 0 Å². The van der Waals surface area contributed by atoms with E-state index in [1.165, 1.54) is 24.3 Å². The van der Waals surface area contributed by atoms with Crippen LogP contribution in [0.25, 0.3) is 0 Å². The molecule has 0 fully saturated rings. The van der Waals surface area contributed by atoms with E-state index in [0.29, 0.717) is 5.56 Å². The van der Waals surface area contributed by atoms with Crippen LogP contribution in [-0.4, -0.2) is 11.1 Å². The van der Waals surface area contributed by atoms with Gasteiger partial charge in [-0.3, -0.25) is 4.79 Å². The van der Waals surface area contributed by atoms with Crippen molar-refractivity contribution in [2.24, 2.45) is 0 Å². The third kappa shape index (κ3) is 2.40. The highest BCUT2D eigenvalue weighted by Gasteiger charge is 2.17. The van der Waals surface area contributed by atoms with Crippen LogP contribution in [0.2, 0.25) is 0 Å². The molecule has 13 heavy (non-hydrogen) atoms. The molecule has 1 aromatic carbocycles. The molecule has 0 unspecified atom stereocenters. The molecule has 0 radical (unpaired) electrons. The highest BCUT2D eigenvalue weighted by atomic mass is 35.5. The third-order valence-electron chi connectivity index (χ3n) is 1.56. The minimum Gasteiger partial charge on any atom is -0.480 e. The van der Waals surface area contributed by atoms with Crippen LogP contribution in [0.3, 0.4) is 0 Å². The van der Waals surface area contributed by atoms with Gasteiger partial charge in [-0.15, -0.1) is 0 Å². The van der Waals surface area contributed by atoms with Gasteiger partial charge < -0.3 is 5.11 Å². The van der Waals surface area contributed by atoms with E-state index in [0.717, 1.165) is 0 Å². The molecular formula is C8H7ClFNO2. The van der Waals surface area contributed by atoms with Crippen molar-refractivity contribution in [3.8, 4) is 0 Å². The second kappa shape index (κ2) is 4.20. The van der Waals surface area contributed by atoms with Gasteiger partial charge in [0, 0.05) is 0 Å². The van der Waals surface area contributed by atoms with Gasteiger partial charge in [0.1, 0.15) is 11.9 Å². The molecule has 2 N–H and O–H groups in total. The topological polar surface area (TPSA) is 49.3 Å². The lowest BCUT2D eigenvalue weighted by molar-refractivity contribution is -0.139. The van der Waals surface area contributed by atoms with Gasteiger partial charge in [-0.05, 0) is 29.5 Å². The lowest BCUT2D eigenvalue weighted by Crippen LogP contribution is -2.21. The number of rotatable bonds is 3. The fraction of sp³-hybridized carbons (Fsp3) is 0.125. The number of carboxylic acid groups (broad SMARTS) is 1. The summed E-state index contributed by atoms with van der Waals surface area (Å²) < 4.78 is 12.5. The first-order chi connectivity index (χ1) is 6.15. The van der Waals surface area contributed by atoms with E-state index in [1.54, 1.807) is 0 Å². The zero-order chi connectivity index (χ0) is 9.84. The first-order valence-corrected chi connectivity index (χ1v) is 3.87. The Labute approximate surface area is 79.2 Å². The van der Waals surface area contributed by atoms with Gasteiger partial charge in [-0.2, -0.15) is 0 Å². The van der Waals surface area contributed by atoms with Crippen LogP contribution in [0.5, 0.6) is 0 Å². The van der Waals surface area contributed by atoms with Gasteiger partial charge in [0.2, 0.25) is 0 Å². The Hall–Kier alpha value is -1.13. The number of nitrogens with one attached hydrogen (secondary N) is 1. The van der Waals surface area contributed by atoms with Crippen LogP contribution in [0.15, 0.2) is 24.3 Å². The van der Waals surface area contributed by atoms with Crippen molar-refractivity contribution in [3.05, 3.63) is 35.6 Å². The number of carboxylic acids is 1. The van der Waals surface area contributed by atoms with Crippen LogP contribution < -0.4 is 4.84 Å². The maximum Gasteiger partial charge on any atom is 0.326 e. The van der Waals surface area contributed by atoms with Crippen LogP contribution in [0.1, 0.15) is 11.6 Å². The monoisotopic (exact) mass is 203 g/mol. The second-order valence-electron chi connectivity index (χ2n) is 2.43. The Bertz CT molecular complexity index is 302. The fourth-order valence-electron chi connectivity index (χ4n) is 0.907. The van der Waals surface area contributed by atoms with Gasteiger partial charge in [0.05, 0.1) is 0 Å². The van der Waals surface area contributed by atoms with E-state index in [1.807, 2.05) is 0 Å². The highest BCUT2D eigenvalue weighted by molar-refractivity contribution is 6.14. The number of hydrogen-bond acceptors (Lipinski definition) is 2. The number of benzene rings is 1. The van der Waals surface area contributed by atoms with Crippen LogP contribution in [0.4, 0.5) is 4.39 Å². The van der Waals surface area contributed by atoms with Crippen molar-refractivity contribution in [2.45, 2.75) is 6.04 Å². The number of aliphatic carboxylic acids is 1. The van der Waals surface area contributed by atoms with Gasteiger partial charge in [0.25, 0.3) is 0 Å². The van der Waals surface area contributed by atoms with Crippen LogP contribution in [0, 0.1) is 5.82 Å². The third-order valence-corrected chi connectivity index (χ3v) is 1.78. The van der Waals surface area contributed by atoms with E-state index in [4.69, 9.17) is 16.9 Å². The van der Waals surface area contributed by atoms with Crippen molar-refractivity contribution in [3.63, 3.8) is 0 Å². The Morgan fingerprint density at radius 2 is 2.00 bits per heavy atom. The fourth-order valence-corrected chi connectivity index (χ4v) is 1.13. The van der Waals surface area contributed by atoms with Crippen LogP contribution in [-0.2, 0) is 4.79 Å². The van der Waals surface area contributed by atoms with Crippen molar-refractivity contribution < 1.29 is 14.3 Å². The smallest absolute Gasteiger partial charge is 0.326 e. The molecule has 1 aromatic rings. The van der Waals surface area contributed by atoms with Crippen molar-refractivity contribution in [1.82, 2.24) is 4.84 Å². The number of carbonyl (C=O) groups is 1. The standard InChI is InChI=1S/C8H7ClFNO2/c9-11-7(8(12)13)5-1-3-6(10)4-2-5/h1-4,7,11H,(H,12,13)/t7-/m1/s1. The lowest BCUT2D eigenvalue weighted by atomic mass is 10.1. The molecule has 1 atom stereocenters. The summed E-state index contributed by atoms with van der Waals surface area (Å²) in [7, 11) is 0. The molecule has 0 saturated heterocycles. The summed E-state index contributed by atoms with van der Waals surface area (Å²) in [5, 5.41) is 8.66. The molecule has 3 nitrogen and oxygen atoms in total. The maximum atomic E-state index is 12.5. The second-order valence-corrected chi connectivity index (χ2v) is 2.65. The predicted octanol–water partition coefficient (Wildman–Crippen LogP) is 1.69. The zero-order valence-electron chi connectivity index (χ0n) is 6.50. The minimum absolute atomic E-state index is 0.406. The Morgan fingerprint density at radius 3 is 2.38 bits per heavy atom. The summed E-state index contributed by atoms with van der Waals surface area (Å²) in [5.74, 6) is -1.52. The molecule has 5 heteroatoms. The molecule has 1 rings (SSSR count). The lowest BCUT2D eigenvalue weighted by Gasteiger charge is -2.08. The van der Waals surface area contributed by atoms with Gasteiger partial charge in [-0.25, -0.2) is 9.23 Å². The number of halogens is 2. The number of hydrogen-bond donors (Lipinski definition) is 2. The minimum atomic E-state index is -1.11. The largest absolute Gasteiger partial charge is 0.480 e. The molecule has 0 aromatic heterocycles. The zero-order valence-corrected chi connectivity index (χ0v) is 7.25. The first-order valence-electron chi connectivity index (χ1n) is 3.49. The normalized spacial score (nSPS) is 12.5. The van der Waals surface area contributed by atoms with E-state index in [9.17, 15) is 9.18 Å². The van der Waals surface area contributed by atoms with E-state index < -0.39 is 17.8 Å². The van der Waals surface area contributed by atoms with Gasteiger partial charge >= 0.3 is 5.97 Å². The molecule has 0 aliphatic carbocycles. The molecule has 0 aliphatic heterocycles. The molecule has 70 valence electrons. The van der Waals surface area contributed by atoms with Crippen molar-refractivity contribution >= 4 is 17.7 Å². The first kappa shape index (κ1) is 9.95. The summed E-state index contributed by atoms with van der Waals surface area (Å²) in [6.07, 6.45) is 0. The predicted molar refractivity (Wildman–Crippen MR) is 45.8 cm³/mol.